The summed E-state index contributed by atoms with van der Waals surface area (Å²) in [5.41, 5.74) is 0.105. The molecule has 0 aliphatic heterocycles. The normalized spacial score (nSPS) is 12.2. The van der Waals surface area contributed by atoms with Gasteiger partial charge in [0.15, 0.2) is 6.10 Å². The van der Waals surface area contributed by atoms with E-state index in [1.807, 2.05) is 0 Å². The van der Waals surface area contributed by atoms with Crippen LogP contribution < -0.4 is 4.72 Å². The molecule has 1 amide bonds. The molecule has 0 spiro atoms. The largest absolute Gasteiger partial charge is 0.449 e. The van der Waals surface area contributed by atoms with Gasteiger partial charge in [-0.2, -0.15) is 0 Å². The molecule has 0 bridgehead atoms. The molecular formula is C19H21FN2O5S. The number of halogens is 1. The van der Waals surface area contributed by atoms with E-state index in [9.17, 15) is 22.4 Å². The van der Waals surface area contributed by atoms with E-state index in [2.05, 4.69) is 4.72 Å². The van der Waals surface area contributed by atoms with Gasteiger partial charge in [0.2, 0.25) is 0 Å². The van der Waals surface area contributed by atoms with E-state index in [1.165, 1.54) is 57.1 Å². The first-order valence-electron chi connectivity index (χ1n) is 8.33. The van der Waals surface area contributed by atoms with Crippen LogP contribution in [0, 0.1) is 12.7 Å². The minimum atomic E-state index is -4.07. The second kappa shape index (κ2) is 8.39. The van der Waals surface area contributed by atoms with Gasteiger partial charge in [0.05, 0.1) is 16.1 Å². The van der Waals surface area contributed by atoms with Gasteiger partial charge in [-0.25, -0.2) is 17.6 Å². The fraction of sp³-hybridized carbons (Fsp3) is 0.263. The first kappa shape index (κ1) is 21.4. The molecular weight excluding hydrogens is 387 g/mol. The standard InChI is InChI=1S/C19H21FN2O5S/c1-12-11-14(9-10-16(12)20)28(25,26)21-17-8-6-5-7-15(17)19(24)27-13(2)18(23)22(3)4/h5-11,13,21H,1-4H3/t13-/m0/s1. The molecule has 7 nitrogen and oxygen atoms in total. The Hall–Kier alpha value is -2.94. The summed E-state index contributed by atoms with van der Waals surface area (Å²) in [7, 11) is -1.01. The monoisotopic (exact) mass is 408 g/mol. The van der Waals surface area contributed by atoms with Crippen LogP contribution >= 0.6 is 0 Å². The number of para-hydroxylation sites is 1. The molecule has 0 aromatic heterocycles. The maximum Gasteiger partial charge on any atom is 0.341 e. The highest BCUT2D eigenvalue weighted by Crippen LogP contribution is 2.22. The van der Waals surface area contributed by atoms with Crippen molar-refractivity contribution in [1.29, 1.82) is 0 Å². The molecule has 0 unspecified atom stereocenters. The summed E-state index contributed by atoms with van der Waals surface area (Å²) in [6, 6.07) is 9.22. The van der Waals surface area contributed by atoms with Crippen LogP contribution in [0.4, 0.5) is 10.1 Å². The lowest BCUT2D eigenvalue weighted by Gasteiger charge is -2.18. The van der Waals surface area contributed by atoms with Crippen molar-refractivity contribution in [2.75, 3.05) is 18.8 Å². The molecule has 0 saturated heterocycles. The number of hydrogen-bond donors (Lipinski definition) is 1. The van der Waals surface area contributed by atoms with Crippen LogP contribution in [0.2, 0.25) is 0 Å². The van der Waals surface area contributed by atoms with Crippen LogP contribution in [-0.2, 0) is 19.6 Å². The average molecular weight is 408 g/mol. The summed E-state index contributed by atoms with van der Waals surface area (Å²) < 4.78 is 46.1. The lowest BCUT2D eigenvalue weighted by atomic mass is 10.2. The number of benzene rings is 2. The SMILES string of the molecule is Cc1cc(S(=O)(=O)Nc2ccccc2C(=O)O[C@@H](C)C(=O)N(C)C)ccc1F. The number of nitrogens with one attached hydrogen (secondary N) is 1. The number of aryl methyl sites for hydroxylation is 1. The van der Waals surface area contributed by atoms with Crippen LogP contribution in [-0.4, -0.2) is 45.4 Å². The van der Waals surface area contributed by atoms with E-state index < -0.39 is 33.8 Å². The van der Waals surface area contributed by atoms with E-state index in [0.29, 0.717) is 0 Å². The molecule has 0 aliphatic rings. The molecule has 0 saturated carbocycles. The van der Waals surface area contributed by atoms with Crippen molar-refractivity contribution in [3.8, 4) is 0 Å². The van der Waals surface area contributed by atoms with Gasteiger partial charge in [-0.1, -0.05) is 12.1 Å². The summed E-state index contributed by atoms with van der Waals surface area (Å²) in [6.07, 6.45) is -1.04. The Labute approximate surface area is 163 Å². The van der Waals surface area contributed by atoms with Crippen molar-refractivity contribution >= 4 is 27.6 Å². The van der Waals surface area contributed by atoms with Crippen molar-refractivity contribution in [2.45, 2.75) is 24.8 Å². The number of amides is 1. The molecule has 2 aromatic carbocycles. The Kier molecular flexibility index (Phi) is 6.40. The van der Waals surface area contributed by atoms with Crippen LogP contribution in [0.5, 0.6) is 0 Å². The van der Waals surface area contributed by atoms with Crippen molar-refractivity contribution in [1.82, 2.24) is 4.90 Å². The molecule has 28 heavy (non-hydrogen) atoms. The number of sulfonamides is 1. The minimum absolute atomic E-state index is 0.0148. The topological polar surface area (TPSA) is 92.8 Å². The molecule has 2 rings (SSSR count). The van der Waals surface area contributed by atoms with Crippen LogP contribution in [0.15, 0.2) is 47.4 Å². The molecule has 150 valence electrons. The number of esters is 1. The van der Waals surface area contributed by atoms with E-state index >= 15 is 0 Å². The zero-order valence-electron chi connectivity index (χ0n) is 15.9. The molecule has 9 heteroatoms. The fourth-order valence-electron chi connectivity index (χ4n) is 2.38. The van der Waals surface area contributed by atoms with Gasteiger partial charge in [-0.3, -0.25) is 9.52 Å². The summed E-state index contributed by atoms with van der Waals surface area (Å²) in [5, 5.41) is 0. The summed E-state index contributed by atoms with van der Waals surface area (Å²) >= 11 is 0. The highest BCUT2D eigenvalue weighted by Gasteiger charge is 2.24. The zero-order chi connectivity index (χ0) is 21.1. The lowest BCUT2D eigenvalue weighted by Crippen LogP contribution is -2.35. The Bertz CT molecular complexity index is 1010. The third-order valence-corrected chi connectivity index (χ3v) is 5.27. The van der Waals surface area contributed by atoms with E-state index in [1.54, 1.807) is 6.07 Å². The maximum absolute atomic E-state index is 13.4. The Morgan fingerprint density at radius 2 is 1.79 bits per heavy atom. The van der Waals surface area contributed by atoms with Crippen molar-refractivity contribution in [2.24, 2.45) is 0 Å². The van der Waals surface area contributed by atoms with Crippen LogP contribution in [0.3, 0.4) is 0 Å². The number of carbonyl (C=O) groups excluding carboxylic acids is 2. The van der Waals surface area contributed by atoms with Crippen molar-refractivity contribution in [3.05, 3.63) is 59.4 Å². The zero-order valence-corrected chi connectivity index (χ0v) is 16.7. The summed E-state index contributed by atoms with van der Waals surface area (Å²) in [6.45, 7) is 2.87. The first-order valence-corrected chi connectivity index (χ1v) is 9.81. The Balaban J connectivity index is 2.29. The number of rotatable bonds is 6. The number of carbonyl (C=O) groups is 2. The number of nitrogens with zero attached hydrogens (tertiary/aromatic N) is 1. The molecule has 0 fully saturated rings. The van der Waals surface area contributed by atoms with Gasteiger partial charge >= 0.3 is 5.97 Å². The van der Waals surface area contributed by atoms with Crippen molar-refractivity contribution in [3.63, 3.8) is 0 Å². The molecule has 0 aliphatic carbocycles. The molecule has 1 N–H and O–H groups in total. The molecule has 0 radical (unpaired) electrons. The smallest absolute Gasteiger partial charge is 0.341 e. The molecule has 0 heterocycles. The lowest BCUT2D eigenvalue weighted by molar-refractivity contribution is -0.137. The predicted octanol–water partition coefficient (Wildman–Crippen LogP) is 2.57. The number of likely N-dealkylation sites (N-methyl/N-ethyl adjacent to an activating group) is 1. The second-order valence-electron chi connectivity index (χ2n) is 6.34. The number of hydrogen-bond acceptors (Lipinski definition) is 5. The van der Waals surface area contributed by atoms with Gasteiger partial charge in [-0.05, 0) is 49.7 Å². The highest BCUT2D eigenvalue weighted by atomic mass is 32.2. The Morgan fingerprint density at radius 3 is 2.39 bits per heavy atom. The molecule has 1 atom stereocenters. The maximum atomic E-state index is 13.4. The minimum Gasteiger partial charge on any atom is -0.449 e. The third kappa shape index (κ3) is 4.86. The van der Waals surface area contributed by atoms with E-state index in [0.717, 1.165) is 12.1 Å². The fourth-order valence-corrected chi connectivity index (χ4v) is 3.54. The van der Waals surface area contributed by atoms with Gasteiger partial charge in [0.25, 0.3) is 15.9 Å². The quantitative estimate of drug-likeness (QED) is 0.742. The van der Waals surface area contributed by atoms with Gasteiger partial charge < -0.3 is 9.64 Å². The second-order valence-corrected chi connectivity index (χ2v) is 8.02. The summed E-state index contributed by atoms with van der Waals surface area (Å²) in [4.78, 5) is 25.5. The summed E-state index contributed by atoms with van der Waals surface area (Å²) in [5.74, 6) is -1.79. The Morgan fingerprint density at radius 1 is 1.14 bits per heavy atom. The predicted molar refractivity (Wildman–Crippen MR) is 102 cm³/mol. The number of anilines is 1. The van der Waals surface area contributed by atoms with Crippen LogP contribution in [0.25, 0.3) is 0 Å². The first-order chi connectivity index (χ1) is 13.0. The third-order valence-electron chi connectivity index (χ3n) is 3.90. The van der Waals surface area contributed by atoms with Crippen LogP contribution in [0.1, 0.15) is 22.8 Å². The van der Waals surface area contributed by atoms with Gasteiger partial charge in [-0.15, -0.1) is 0 Å². The highest BCUT2D eigenvalue weighted by molar-refractivity contribution is 7.92. The van der Waals surface area contributed by atoms with E-state index in [4.69, 9.17) is 4.74 Å². The van der Waals surface area contributed by atoms with Gasteiger partial charge in [0, 0.05) is 14.1 Å². The molecule has 2 aromatic rings. The van der Waals surface area contributed by atoms with E-state index in [-0.39, 0.29) is 21.7 Å². The van der Waals surface area contributed by atoms with Gasteiger partial charge in [0.1, 0.15) is 5.82 Å². The average Bonchev–Trinajstić information content (AvgIpc) is 2.63. The van der Waals surface area contributed by atoms with Crippen molar-refractivity contribution < 1.29 is 27.1 Å². The number of ether oxygens (including phenoxy) is 1.